The Labute approximate surface area is 74.9 Å². The Morgan fingerprint density at radius 2 is 2.00 bits per heavy atom. The van der Waals surface area contributed by atoms with Crippen LogP contribution < -0.4 is 5.32 Å². The molecule has 0 radical (unpaired) electrons. The molecule has 0 saturated heterocycles. The molecule has 0 unspecified atom stereocenters. The third-order valence-electron chi connectivity index (χ3n) is 2.49. The number of rotatable bonds is 2. The average Bonchev–Trinajstić information content (AvgIpc) is 2.02. The van der Waals surface area contributed by atoms with Crippen molar-refractivity contribution < 1.29 is 0 Å². The van der Waals surface area contributed by atoms with E-state index in [4.69, 9.17) is 0 Å². The van der Waals surface area contributed by atoms with Crippen LogP contribution in [0.5, 0.6) is 0 Å². The molecule has 0 aromatic rings. The average molecular weight is 163 g/mol. The molecule has 1 aliphatic heterocycles. The van der Waals surface area contributed by atoms with Crippen LogP contribution >= 0.6 is 0 Å². The van der Waals surface area contributed by atoms with E-state index < -0.39 is 0 Å². The van der Waals surface area contributed by atoms with E-state index >= 15 is 0 Å². The van der Waals surface area contributed by atoms with Crippen LogP contribution in [-0.2, 0) is 0 Å². The first kappa shape index (κ1) is 9.11. The minimum absolute atomic E-state index is 0.247. The Morgan fingerprint density at radius 1 is 1.33 bits per heavy atom. The van der Waals surface area contributed by atoms with Gasteiger partial charge in [-0.3, -0.25) is 0 Å². The van der Waals surface area contributed by atoms with Crippen molar-refractivity contribution in [3.05, 3.63) is 36.6 Å². The molecule has 1 heterocycles. The first-order valence-electron chi connectivity index (χ1n) is 4.35. The van der Waals surface area contributed by atoms with Gasteiger partial charge in [0.15, 0.2) is 0 Å². The summed E-state index contributed by atoms with van der Waals surface area (Å²) in [6, 6.07) is 0. The van der Waals surface area contributed by atoms with Crippen LogP contribution in [-0.4, -0.2) is 6.54 Å². The van der Waals surface area contributed by atoms with Crippen LogP contribution in [0.4, 0.5) is 0 Å². The summed E-state index contributed by atoms with van der Waals surface area (Å²) in [7, 11) is 0. The maximum absolute atomic E-state index is 3.83. The van der Waals surface area contributed by atoms with Crippen LogP contribution in [0.15, 0.2) is 36.6 Å². The second-order valence-electron chi connectivity index (χ2n) is 3.80. The normalized spacial score (nSPS) is 21.5. The Balaban J connectivity index is 3.10. The highest BCUT2D eigenvalue weighted by Gasteiger charge is 2.26. The second kappa shape index (κ2) is 3.18. The van der Waals surface area contributed by atoms with Gasteiger partial charge in [0.25, 0.3) is 0 Å². The van der Waals surface area contributed by atoms with Gasteiger partial charge in [-0.05, 0) is 23.5 Å². The van der Waals surface area contributed by atoms with Gasteiger partial charge in [0.1, 0.15) is 0 Å². The van der Waals surface area contributed by atoms with E-state index in [-0.39, 0.29) is 5.41 Å². The summed E-state index contributed by atoms with van der Waals surface area (Å²) >= 11 is 0. The van der Waals surface area contributed by atoms with Crippen molar-refractivity contribution >= 4 is 0 Å². The van der Waals surface area contributed by atoms with Crippen molar-refractivity contribution in [2.24, 2.45) is 5.41 Å². The predicted molar refractivity (Wildman–Crippen MR) is 53.8 cm³/mol. The molecule has 0 bridgehead atoms. The highest BCUT2D eigenvalue weighted by Crippen LogP contribution is 2.35. The highest BCUT2D eigenvalue weighted by molar-refractivity contribution is 5.36. The fraction of sp³-hybridized carbons (Fsp3) is 0.455. The molecule has 0 aromatic carbocycles. The van der Waals surface area contributed by atoms with E-state index in [0.717, 1.165) is 18.7 Å². The molecule has 1 aliphatic rings. The molecule has 0 aromatic heterocycles. The zero-order valence-electron chi connectivity index (χ0n) is 7.98. The van der Waals surface area contributed by atoms with Gasteiger partial charge in [0, 0.05) is 12.2 Å². The predicted octanol–water partition coefficient (Wildman–Crippen LogP) is 2.63. The summed E-state index contributed by atoms with van der Waals surface area (Å²) in [5, 5.41) is 3.32. The molecule has 12 heavy (non-hydrogen) atoms. The molecule has 1 rings (SSSR count). The van der Waals surface area contributed by atoms with Gasteiger partial charge in [-0.1, -0.05) is 33.1 Å². The van der Waals surface area contributed by atoms with E-state index in [9.17, 15) is 0 Å². The topological polar surface area (TPSA) is 12.0 Å². The Bertz CT molecular complexity index is 233. The molecule has 0 spiro atoms. The summed E-state index contributed by atoms with van der Waals surface area (Å²) in [5.41, 5.74) is 2.67. The number of allylic oxidation sites excluding steroid dienone is 3. The lowest BCUT2D eigenvalue weighted by Crippen LogP contribution is -2.31. The van der Waals surface area contributed by atoms with Gasteiger partial charge in [0.05, 0.1) is 0 Å². The number of nitrogens with one attached hydrogen (secondary N) is 1. The lowest BCUT2D eigenvalue weighted by molar-refractivity contribution is 0.384. The van der Waals surface area contributed by atoms with Crippen molar-refractivity contribution in [2.75, 3.05) is 6.54 Å². The largest absolute Gasteiger partial charge is 0.385 e. The monoisotopic (exact) mass is 163 g/mol. The third-order valence-corrected chi connectivity index (χ3v) is 2.49. The van der Waals surface area contributed by atoms with Gasteiger partial charge in [-0.15, -0.1) is 0 Å². The van der Waals surface area contributed by atoms with Gasteiger partial charge < -0.3 is 5.32 Å². The number of hydrogen-bond donors (Lipinski definition) is 1. The Morgan fingerprint density at radius 3 is 2.42 bits per heavy atom. The molecule has 1 nitrogen and oxygen atoms in total. The molecule has 1 heteroatoms. The minimum atomic E-state index is 0.247. The van der Waals surface area contributed by atoms with Crippen molar-refractivity contribution in [2.45, 2.75) is 20.3 Å². The van der Waals surface area contributed by atoms with Crippen molar-refractivity contribution in [3.8, 4) is 0 Å². The molecular weight excluding hydrogens is 146 g/mol. The summed E-state index contributed by atoms with van der Waals surface area (Å²) in [6.07, 6.45) is 4.97. The lowest BCUT2D eigenvalue weighted by Gasteiger charge is -2.33. The zero-order chi connectivity index (χ0) is 9.19. The van der Waals surface area contributed by atoms with E-state index in [1.54, 1.807) is 0 Å². The van der Waals surface area contributed by atoms with Crippen molar-refractivity contribution in [3.63, 3.8) is 0 Å². The molecule has 0 aliphatic carbocycles. The smallest absolute Gasteiger partial charge is 0.0372 e. The van der Waals surface area contributed by atoms with Crippen molar-refractivity contribution in [1.82, 2.24) is 5.32 Å². The summed E-state index contributed by atoms with van der Waals surface area (Å²) < 4.78 is 0. The molecule has 0 atom stereocenters. The number of hydrogen-bond acceptors (Lipinski definition) is 1. The maximum Gasteiger partial charge on any atom is 0.0372 e. The first-order chi connectivity index (χ1) is 5.61. The van der Waals surface area contributed by atoms with E-state index in [1.807, 2.05) is 12.2 Å². The SMILES string of the molecule is C=CC1=C(C=C)C(C)(C)CCN1. The van der Waals surface area contributed by atoms with Crippen molar-refractivity contribution in [1.29, 1.82) is 0 Å². The van der Waals surface area contributed by atoms with Crippen LogP contribution in [0.2, 0.25) is 0 Å². The second-order valence-corrected chi connectivity index (χ2v) is 3.80. The van der Waals surface area contributed by atoms with Crippen LogP contribution in [0.3, 0.4) is 0 Å². The molecule has 0 amide bonds. The first-order valence-corrected chi connectivity index (χ1v) is 4.35. The molecule has 1 N–H and O–H groups in total. The van der Waals surface area contributed by atoms with Gasteiger partial charge in [-0.25, -0.2) is 0 Å². The standard InChI is InChI=1S/C11H17N/c1-5-9-10(6-2)12-8-7-11(9,3)4/h5-6,12H,1-2,7-8H2,3-4H3. The van der Waals surface area contributed by atoms with Gasteiger partial charge in [0.2, 0.25) is 0 Å². The van der Waals surface area contributed by atoms with Crippen LogP contribution in [0, 0.1) is 5.41 Å². The summed E-state index contributed by atoms with van der Waals surface area (Å²) in [6.45, 7) is 13.1. The molecule has 0 saturated carbocycles. The van der Waals surface area contributed by atoms with Crippen LogP contribution in [0.1, 0.15) is 20.3 Å². The van der Waals surface area contributed by atoms with Gasteiger partial charge >= 0.3 is 0 Å². The highest BCUT2D eigenvalue weighted by atomic mass is 14.9. The quantitative estimate of drug-likeness (QED) is 0.660. The summed E-state index contributed by atoms with van der Waals surface area (Å²) in [5.74, 6) is 0. The van der Waals surface area contributed by atoms with Gasteiger partial charge in [-0.2, -0.15) is 0 Å². The zero-order valence-corrected chi connectivity index (χ0v) is 7.98. The summed E-state index contributed by atoms with van der Waals surface area (Å²) in [4.78, 5) is 0. The molecule has 66 valence electrons. The van der Waals surface area contributed by atoms with E-state index in [0.29, 0.717) is 0 Å². The Kier molecular flexibility index (Phi) is 2.41. The fourth-order valence-electron chi connectivity index (χ4n) is 1.67. The molecular formula is C11H17N. The minimum Gasteiger partial charge on any atom is -0.385 e. The fourth-order valence-corrected chi connectivity index (χ4v) is 1.67. The Hall–Kier alpha value is -0.980. The molecule has 0 fully saturated rings. The lowest BCUT2D eigenvalue weighted by atomic mass is 9.78. The van der Waals surface area contributed by atoms with E-state index in [2.05, 4.69) is 32.3 Å². The third kappa shape index (κ3) is 1.45. The maximum atomic E-state index is 3.83. The van der Waals surface area contributed by atoms with Crippen LogP contribution in [0.25, 0.3) is 0 Å². The van der Waals surface area contributed by atoms with E-state index in [1.165, 1.54) is 5.57 Å².